The summed E-state index contributed by atoms with van der Waals surface area (Å²) in [5.41, 5.74) is 4.03. The van der Waals surface area contributed by atoms with Crippen molar-refractivity contribution >= 4 is 0 Å². The molecule has 0 saturated carbocycles. The Labute approximate surface area is 174 Å². The minimum atomic E-state index is 0.425. The molecule has 2 aromatic rings. The normalized spacial score (nSPS) is 14.3. The van der Waals surface area contributed by atoms with Gasteiger partial charge in [-0.15, -0.1) is 6.58 Å². The zero-order valence-corrected chi connectivity index (χ0v) is 18.7. The third-order valence-corrected chi connectivity index (χ3v) is 5.11. The number of unbranched alkanes of at least 4 members (excludes halogenated alkanes) is 1. The van der Waals surface area contributed by atoms with Crippen LogP contribution in [0.2, 0.25) is 0 Å². The van der Waals surface area contributed by atoms with Crippen LogP contribution in [0.5, 0.6) is 0 Å². The number of rotatable bonds is 7. The summed E-state index contributed by atoms with van der Waals surface area (Å²) in [4.78, 5) is 2.57. The SMILES string of the molecule is C=CCC(c1ccccc1)c1ccc(C)cc1.CC.CCCCN1CCCC1. The van der Waals surface area contributed by atoms with Crippen molar-refractivity contribution in [2.75, 3.05) is 19.6 Å². The van der Waals surface area contributed by atoms with Crippen LogP contribution in [0.3, 0.4) is 0 Å². The predicted molar refractivity (Wildman–Crippen MR) is 126 cm³/mol. The first kappa shape index (κ1) is 24.2. The second kappa shape index (κ2) is 15.1. The minimum Gasteiger partial charge on any atom is -0.303 e. The van der Waals surface area contributed by atoms with Gasteiger partial charge in [0.1, 0.15) is 0 Å². The van der Waals surface area contributed by atoms with Crippen LogP contribution in [0, 0.1) is 6.92 Å². The Balaban J connectivity index is 0.000000301. The van der Waals surface area contributed by atoms with Crippen molar-refractivity contribution in [1.82, 2.24) is 4.90 Å². The highest BCUT2D eigenvalue weighted by Crippen LogP contribution is 2.28. The molecular formula is C27H41N. The fourth-order valence-electron chi connectivity index (χ4n) is 3.50. The van der Waals surface area contributed by atoms with E-state index in [4.69, 9.17) is 0 Å². The van der Waals surface area contributed by atoms with E-state index in [9.17, 15) is 0 Å². The van der Waals surface area contributed by atoms with E-state index in [1.54, 1.807) is 0 Å². The van der Waals surface area contributed by atoms with Gasteiger partial charge in [0.25, 0.3) is 0 Å². The maximum Gasteiger partial charge on any atom is 0.0124 e. The maximum absolute atomic E-state index is 3.87. The summed E-state index contributed by atoms with van der Waals surface area (Å²) in [5, 5.41) is 0. The van der Waals surface area contributed by atoms with E-state index in [1.165, 1.54) is 62.0 Å². The van der Waals surface area contributed by atoms with Crippen molar-refractivity contribution in [1.29, 1.82) is 0 Å². The molecule has 0 radical (unpaired) electrons. The summed E-state index contributed by atoms with van der Waals surface area (Å²) in [6.45, 7) is 16.3. The molecule has 1 heterocycles. The molecule has 1 saturated heterocycles. The molecule has 154 valence electrons. The Morgan fingerprint density at radius 3 is 2.04 bits per heavy atom. The van der Waals surface area contributed by atoms with Crippen molar-refractivity contribution in [2.24, 2.45) is 0 Å². The molecule has 0 aliphatic carbocycles. The van der Waals surface area contributed by atoms with Gasteiger partial charge in [-0.05, 0) is 63.4 Å². The quantitative estimate of drug-likeness (QED) is 0.447. The van der Waals surface area contributed by atoms with Gasteiger partial charge >= 0.3 is 0 Å². The van der Waals surface area contributed by atoms with Gasteiger partial charge in [-0.1, -0.05) is 93.4 Å². The molecule has 1 heteroatoms. The maximum atomic E-state index is 3.87. The van der Waals surface area contributed by atoms with Crippen LogP contribution < -0.4 is 0 Å². The Bertz CT molecular complexity index is 608. The Kier molecular flexibility index (Phi) is 13.0. The molecule has 3 rings (SSSR count). The molecule has 1 aliphatic heterocycles. The summed E-state index contributed by atoms with van der Waals surface area (Å²) >= 11 is 0. The van der Waals surface area contributed by atoms with Gasteiger partial charge in [0.2, 0.25) is 0 Å². The topological polar surface area (TPSA) is 3.24 Å². The second-order valence-electron chi connectivity index (χ2n) is 7.30. The molecule has 28 heavy (non-hydrogen) atoms. The van der Waals surface area contributed by atoms with Crippen LogP contribution in [0.4, 0.5) is 0 Å². The standard InChI is InChI=1S/C17H18.C8H17N.C2H6/c1-3-7-17(15-8-5-4-6-9-15)16-12-10-14(2)11-13-16;1-2-3-6-9-7-4-5-8-9;1-2/h3-6,8-13,17H,1,7H2,2H3;2-8H2,1H3;1-2H3. The fraction of sp³-hybridized carbons (Fsp3) is 0.481. The second-order valence-corrected chi connectivity index (χ2v) is 7.30. The van der Waals surface area contributed by atoms with Gasteiger partial charge in [-0.2, -0.15) is 0 Å². The number of hydrogen-bond acceptors (Lipinski definition) is 1. The molecule has 0 spiro atoms. The smallest absolute Gasteiger partial charge is 0.0124 e. The Morgan fingerprint density at radius 2 is 1.50 bits per heavy atom. The molecule has 0 bridgehead atoms. The number of benzene rings is 2. The van der Waals surface area contributed by atoms with Gasteiger partial charge < -0.3 is 4.90 Å². The summed E-state index contributed by atoms with van der Waals surface area (Å²) in [5.74, 6) is 0.425. The van der Waals surface area contributed by atoms with Crippen molar-refractivity contribution in [2.45, 2.75) is 65.7 Å². The van der Waals surface area contributed by atoms with Crippen LogP contribution in [0.25, 0.3) is 0 Å². The van der Waals surface area contributed by atoms with E-state index >= 15 is 0 Å². The molecule has 1 nitrogen and oxygen atoms in total. The number of hydrogen-bond donors (Lipinski definition) is 0. The highest BCUT2D eigenvalue weighted by Gasteiger charge is 2.11. The first-order chi connectivity index (χ1) is 13.7. The van der Waals surface area contributed by atoms with Crippen LogP contribution in [0.1, 0.15) is 75.5 Å². The number of aryl methyl sites for hydroxylation is 1. The Hall–Kier alpha value is -1.86. The van der Waals surface area contributed by atoms with Crippen molar-refractivity contribution in [3.05, 3.63) is 83.9 Å². The summed E-state index contributed by atoms with van der Waals surface area (Å²) in [6.07, 6.45) is 8.58. The van der Waals surface area contributed by atoms with Gasteiger partial charge in [0, 0.05) is 5.92 Å². The van der Waals surface area contributed by atoms with E-state index in [-0.39, 0.29) is 0 Å². The fourth-order valence-corrected chi connectivity index (χ4v) is 3.50. The summed E-state index contributed by atoms with van der Waals surface area (Å²) in [6, 6.07) is 19.4. The minimum absolute atomic E-state index is 0.425. The van der Waals surface area contributed by atoms with Crippen LogP contribution in [0.15, 0.2) is 67.3 Å². The van der Waals surface area contributed by atoms with E-state index in [1.807, 2.05) is 19.9 Å². The molecular weight excluding hydrogens is 338 g/mol. The van der Waals surface area contributed by atoms with Gasteiger partial charge in [0.15, 0.2) is 0 Å². The molecule has 1 aliphatic rings. The van der Waals surface area contributed by atoms with Crippen LogP contribution in [-0.2, 0) is 0 Å². The molecule has 1 unspecified atom stereocenters. The molecule has 0 amide bonds. The van der Waals surface area contributed by atoms with Crippen LogP contribution >= 0.6 is 0 Å². The van der Waals surface area contributed by atoms with E-state index in [0.29, 0.717) is 5.92 Å². The van der Waals surface area contributed by atoms with E-state index in [2.05, 4.69) is 79.9 Å². The lowest BCUT2D eigenvalue weighted by Crippen LogP contribution is -2.19. The molecule has 1 atom stereocenters. The van der Waals surface area contributed by atoms with Crippen molar-refractivity contribution in [3.8, 4) is 0 Å². The van der Waals surface area contributed by atoms with E-state index < -0.39 is 0 Å². The first-order valence-electron chi connectivity index (χ1n) is 11.2. The average molecular weight is 380 g/mol. The van der Waals surface area contributed by atoms with E-state index in [0.717, 1.165) is 6.42 Å². The monoisotopic (exact) mass is 379 g/mol. The highest BCUT2D eigenvalue weighted by atomic mass is 15.1. The third kappa shape index (κ3) is 8.89. The molecule has 0 N–H and O–H groups in total. The number of nitrogens with zero attached hydrogens (tertiary/aromatic N) is 1. The first-order valence-corrected chi connectivity index (χ1v) is 11.2. The number of allylic oxidation sites excluding steroid dienone is 1. The Morgan fingerprint density at radius 1 is 0.929 bits per heavy atom. The van der Waals surface area contributed by atoms with Gasteiger partial charge in [0.05, 0.1) is 0 Å². The molecule has 2 aromatic carbocycles. The zero-order valence-electron chi connectivity index (χ0n) is 18.7. The summed E-state index contributed by atoms with van der Waals surface area (Å²) < 4.78 is 0. The number of likely N-dealkylation sites (tertiary alicyclic amines) is 1. The average Bonchev–Trinajstić information content (AvgIpc) is 3.27. The predicted octanol–water partition coefficient (Wildman–Crippen LogP) is 7.61. The van der Waals surface area contributed by atoms with Crippen LogP contribution in [-0.4, -0.2) is 24.5 Å². The van der Waals surface area contributed by atoms with Gasteiger partial charge in [-0.3, -0.25) is 0 Å². The van der Waals surface area contributed by atoms with Crippen molar-refractivity contribution < 1.29 is 0 Å². The highest BCUT2D eigenvalue weighted by molar-refractivity contribution is 5.34. The lowest BCUT2D eigenvalue weighted by atomic mass is 9.88. The largest absolute Gasteiger partial charge is 0.303 e. The molecule has 1 fully saturated rings. The summed E-state index contributed by atoms with van der Waals surface area (Å²) in [7, 11) is 0. The lowest BCUT2D eigenvalue weighted by molar-refractivity contribution is 0.332. The third-order valence-electron chi connectivity index (χ3n) is 5.11. The van der Waals surface area contributed by atoms with Crippen molar-refractivity contribution in [3.63, 3.8) is 0 Å². The zero-order chi connectivity index (χ0) is 20.6. The lowest BCUT2D eigenvalue weighted by Gasteiger charge is -2.16. The van der Waals surface area contributed by atoms with Gasteiger partial charge in [-0.25, -0.2) is 0 Å². The molecule has 0 aromatic heterocycles.